The van der Waals surface area contributed by atoms with E-state index >= 15 is 19.2 Å². The molecule has 8 atom stereocenters. The number of aliphatic hydroxyl groups is 1. The van der Waals surface area contributed by atoms with Gasteiger partial charge in [0.1, 0.15) is 88.2 Å². The number of aliphatic carboxylic acids is 1. The van der Waals surface area contributed by atoms with Crippen LogP contribution in [-0.2, 0) is 51.3 Å². The van der Waals surface area contributed by atoms with Crippen LogP contribution < -0.4 is 56.7 Å². The molecule has 0 aromatic heterocycles. The molecular formula is C72H72Cl2N8O20. The summed E-state index contributed by atoms with van der Waals surface area (Å²) < 4.78 is 24.2. The molecule has 0 fully saturated rings. The van der Waals surface area contributed by atoms with E-state index in [1.165, 1.54) is 48.5 Å². The Balaban J connectivity index is 1.10. The SMILES string of the molecule is CCCCCCCCNCc1c(O)cc2c(c1O)-c1cc(ccc1O)[C@@H]1NC(=O)[C@H]3NC(=O)[C@H]4NC(=O)[C@H](Cc5ccc(c(Cl)c5)Oc5cc3cc(c5O)Oc3ccc(cc3Cl)C(O)[C@H](NC1=O)C(=O)N[C@@H]2C(=O)O)NC(=O)[C@H](NC(=O)OC(C)(C)C)c1ccc(O)c(c1)Oc1cc(O)cc4c1. The summed E-state index contributed by atoms with van der Waals surface area (Å²) in [5.41, 5.74) is -3.53. The average molecular weight is 1440 g/mol. The van der Waals surface area contributed by atoms with Crippen molar-refractivity contribution in [2.45, 2.75) is 133 Å². The minimum absolute atomic E-state index is 0.00850. The van der Waals surface area contributed by atoms with Crippen LogP contribution in [0, 0.1) is 0 Å². The van der Waals surface area contributed by atoms with E-state index in [0.29, 0.717) is 13.0 Å². The quantitative estimate of drug-likeness (QED) is 0.0537. The number of alkyl carbamates (subject to hydrolysis) is 1. The lowest BCUT2D eigenvalue weighted by Gasteiger charge is -2.31. The number of carbonyl (C=O) groups is 8. The van der Waals surface area contributed by atoms with Crippen molar-refractivity contribution in [3.05, 3.63) is 164 Å². The number of carbonyl (C=O) groups excluding carboxylic acids is 7. The molecule has 0 spiro atoms. The molecule has 7 amide bonds. The Labute approximate surface area is 592 Å². The summed E-state index contributed by atoms with van der Waals surface area (Å²) in [6, 6.07) is 6.65. The van der Waals surface area contributed by atoms with Gasteiger partial charge < -0.3 is 102 Å². The Bertz CT molecular complexity index is 4530. The van der Waals surface area contributed by atoms with Crippen molar-refractivity contribution in [3.63, 3.8) is 0 Å². The number of unbranched alkanes of at least 4 members (excludes halogenated alkanes) is 5. The normalized spacial score (nSPS) is 20.4. The van der Waals surface area contributed by atoms with E-state index in [1.54, 1.807) is 20.8 Å². The second-order valence-corrected chi connectivity index (χ2v) is 26.7. The van der Waals surface area contributed by atoms with Crippen LogP contribution in [0.1, 0.15) is 147 Å². The molecule has 28 nitrogen and oxygen atoms in total. The first-order valence-electron chi connectivity index (χ1n) is 32.5. The van der Waals surface area contributed by atoms with Crippen LogP contribution in [0.25, 0.3) is 11.1 Å². The van der Waals surface area contributed by atoms with Crippen molar-refractivity contribution in [1.82, 2.24) is 42.5 Å². The number of amides is 7. The van der Waals surface area contributed by atoms with Crippen LogP contribution in [0.4, 0.5) is 4.79 Å². The number of benzene rings is 7. The molecular weight excluding hydrogens is 1370 g/mol. The third-order valence-electron chi connectivity index (χ3n) is 17.3. The Hall–Kier alpha value is -11.2. The van der Waals surface area contributed by atoms with Crippen molar-refractivity contribution < 1.29 is 98.2 Å². The molecule has 17 bridgehead atoms. The van der Waals surface area contributed by atoms with Crippen molar-refractivity contribution in [2.75, 3.05) is 6.54 Å². The van der Waals surface area contributed by atoms with Gasteiger partial charge in [-0.05, 0) is 146 Å². The highest BCUT2D eigenvalue weighted by molar-refractivity contribution is 6.32. The fraction of sp³-hybridized carbons (Fsp3) is 0.306. The van der Waals surface area contributed by atoms with Crippen molar-refractivity contribution in [2.24, 2.45) is 0 Å². The third kappa shape index (κ3) is 15.9. The van der Waals surface area contributed by atoms with Gasteiger partial charge in [-0.1, -0.05) is 86.5 Å². The first-order valence-corrected chi connectivity index (χ1v) is 33.3. The van der Waals surface area contributed by atoms with Gasteiger partial charge in [0, 0.05) is 35.7 Å². The van der Waals surface area contributed by atoms with Gasteiger partial charge in [0.2, 0.25) is 41.2 Å². The van der Waals surface area contributed by atoms with Crippen molar-refractivity contribution >= 4 is 70.7 Å². The van der Waals surface area contributed by atoms with E-state index in [9.17, 15) is 60.0 Å². The van der Waals surface area contributed by atoms with Gasteiger partial charge in [-0.25, -0.2) is 9.59 Å². The second-order valence-electron chi connectivity index (χ2n) is 25.9. The van der Waals surface area contributed by atoms with Crippen molar-refractivity contribution in [1.29, 1.82) is 0 Å². The Morgan fingerprint density at radius 1 is 0.559 bits per heavy atom. The fourth-order valence-electron chi connectivity index (χ4n) is 12.3. The van der Waals surface area contributed by atoms with Gasteiger partial charge in [0.05, 0.1) is 15.6 Å². The van der Waals surface area contributed by atoms with Gasteiger partial charge in [-0.3, -0.25) is 28.8 Å². The zero-order valence-electron chi connectivity index (χ0n) is 55.1. The highest BCUT2D eigenvalue weighted by atomic mass is 35.5. The van der Waals surface area contributed by atoms with Gasteiger partial charge in [-0.15, -0.1) is 0 Å². The van der Waals surface area contributed by atoms with E-state index in [2.05, 4.69) is 49.5 Å². The van der Waals surface area contributed by atoms with E-state index < -0.39 is 171 Å². The molecule has 6 aliphatic rings. The van der Waals surface area contributed by atoms with Crippen LogP contribution in [0.5, 0.6) is 69.0 Å². The Morgan fingerprint density at radius 3 is 1.82 bits per heavy atom. The van der Waals surface area contributed by atoms with Crippen LogP contribution in [-0.4, -0.2) is 113 Å². The minimum Gasteiger partial charge on any atom is -0.508 e. The second kappa shape index (κ2) is 29.9. The van der Waals surface area contributed by atoms with Gasteiger partial charge >= 0.3 is 12.1 Å². The smallest absolute Gasteiger partial charge is 0.408 e. The highest BCUT2D eigenvalue weighted by Gasteiger charge is 2.42. The number of hydrogen-bond acceptors (Lipinski definition) is 20. The standard InChI is InChI=1S/C72H72Cl2N8O20/c1-5-6-7-8-9-10-19-75-31-42-48(86)30-41-54(62(42)88)40-24-33(12-15-46(40)84)55-66(92)81-60(69(95)80-59(41)70(96)97)61(87)35-14-18-50(44(74)25-35)101-53-28-37-27-52(63(53)89)100-49-17-11-32(20-43(49)73)21-45-64(90)77-57(67(93)79-58(37)68(94)78-55)36-22-38(83)29-39(23-36)99-51-26-34(13-16-47(51)85)56(65(91)76-45)82-71(98)102-72(2,3)4/h11-18,20,22-30,45,55-61,75,83-89H,5-10,19,21,31H2,1-4H3,(H,76,91)(H,77,90)(H,78,94)(H,79,93)(H,80,95)(H,81,92)(H,82,98)(H,96,97)/t45-,55-,56+,57-,58-,59-,60-,61?/m0/s1. The molecule has 7 aromatic carbocycles. The molecule has 102 heavy (non-hydrogen) atoms. The summed E-state index contributed by atoms with van der Waals surface area (Å²) in [5, 5.41) is 115. The van der Waals surface area contributed by atoms with Gasteiger partial charge in [0.15, 0.2) is 29.0 Å². The van der Waals surface area contributed by atoms with Crippen LogP contribution >= 0.6 is 23.2 Å². The first kappa shape index (κ1) is 72.1. The number of carboxylic acids is 1. The van der Waals surface area contributed by atoms with Crippen LogP contribution in [0.3, 0.4) is 0 Å². The lowest BCUT2D eigenvalue weighted by Crippen LogP contribution is -2.55. The molecule has 534 valence electrons. The van der Waals surface area contributed by atoms with E-state index in [-0.39, 0.29) is 78.5 Å². The topological polar surface area (TPSA) is 432 Å². The minimum atomic E-state index is -2.23. The lowest BCUT2D eigenvalue weighted by molar-refractivity contribution is -0.143. The number of halogens is 2. The monoisotopic (exact) mass is 1440 g/mol. The number of aromatic hydroxyl groups is 6. The van der Waals surface area contributed by atoms with E-state index in [1.807, 2.05) is 0 Å². The van der Waals surface area contributed by atoms with Crippen molar-refractivity contribution in [3.8, 4) is 80.1 Å². The summed E-state index contributed by atoms with van der Waals surface area (Å²) >= 11 is 13.9. The predicted molar refractivity (Wildman–Crippen MR) is 365 cm³/mol. The number of phenols is 6. The molecule has 0 aliphatic carbocycles. The zero-order valence-corrected chi connectivity index (χ0v) is 56.6. The van der Waals surface area contributed by atoms with E-state index in [0.717, 1.165) is 92.8 Å². The highest BCUT2D eigenvalue weighted by Crippen LogP contribution is 2.49. The molecule has 6 heterocycles. The average Bonchev–Trinajstić information content (AvgIpc) is 0.759. The number of phenolic OH excluding ortho intramolecular Hbond substituents is 6. The van der Waals surface area contributed by atoms with Gasteiger partial charge in [-0.2, -0.15) is 0 Å². The first-order chi connectivity index (χ1) is 48.5. The Morgan fingerprint density at radius 2 is 1.16 bits per heavy atom. The lowest BCUT2D eigenvalue weighted by atomic mass is 9.88. The zero-order chi connectivity index (χ0) is 73.2. The fourth-order valence-corrected chi connectivity index (χ4v) is 12.7. The van der Waals surface area contributed by atoms with Crippen LogP contribution in [0.2, 0.25) is 10.0 Å². The number of fused-ring (bicyclic) bond motifs is 14. The summed E-state index contributed by atoms with van der Waals surface area (Å²) in [4.78, 5) is 120. The number of carboxylic acid groups (broad SMARTS) is 1. The molecule has 13 rings (SSSR count). The summed E-state index contributed by atoms with van der Waals surface area (Å²) in [6.07, 6.45) is 2.01. The maximum Gasteiger partial charge on any atom is 0.408 e. The summed E-state index contributed by atoms with van der Waals surface area (Å²) in [7, 11) is 0. The molecule has 0 radical (unpaired) electrons. The molecule has 0 saturated heterocycles. The number of aliphatic hydroxyl groups excluding tert-OH is 1. The predicted octanol–water partition coefficient (Wildman–Crippen LogP) is 9.00. The number of nitrogens with one attached hydrogen (secondary N) is 8. The largest absolute Gasteiger partial charge is 0.508 e. The number of hydrogen-bond donors (Lipinski definition) is 16. The van der Waals surface area contributed by atoms with E-state index in [4.69, 9.17) is 42.1 Å². The molecule has 0 saturated carbocycles. The Kier molecular flexibility index (Phi) is 21.1. The number of rotatable bonds is 11. The molecule has 6 aliphatic heterocycles. The molecule has 1 unspecified atom stereocenters. The maximum atomic E-state index is 16.1. The van der Waals surface area contributed by atoms with Gasteiger partial charge in [0.25, 0.3) is 0 Å². The molecule has 7 aromatic rings. The summed E-state index contributed by atoms with van der Waals surface area (Å²) in [6.45, 7) is 7.03. The third-order valence-corrected chi connectivity index (χ3v) is 17.9. The molecule has 30 heteroatoms. The summed E-state index contributed by atoms with van der Waals surface area (Å²) in [5.74, 6) is -15.5. The maximum absolute atomic E-state index is 16.1. The van der Waals surface area contributed by atoms with Crippen LogP contribution in [0.15, 0.2) is 109 Å². The number of ether oxygens (including phenoxy) is 4. The molecule has 16 N–H and O–H groups in total.